The molecule has 1 amide bonds. The van der Waals surface area contributed by atoms with Gasteiger partial charge in [0.15, 0.2) is 0 Å². The molecule has 0 saturated carbocycles. The fourth-order valence-electron chi connectivity index (χ4n) is 3.26. The van der Waals surface area contributed by atoms with Crippen molar-refractivity contribution < 1.29 is 18.4 Å². The number of carbonyl (C=O) groups is 1. The summed E-state index contributed by atoms with van der Waals surface area (Å²) >= 11 is 0. The van der Waals surface area contributed by atoms with Crippen LogP contribution in [-0.2, 0) is 11.8 Å². The summed E-state index contributed by atoms with van der Waals surface area (Å²) in [5, 5.41) is 8.51. The predicted molar refractivity (Wildman–Crippen MR) is 105 cm³/mol. The number of carbonyl (C=O) groups excluding carboxylic acids is 1. The van der Waals surface area contributed by atoms with Gasteiger partial charge in [-0.15, -0.1) is 0 Å². The summed E-state index contributed by atoms with van der Waals surface area (Å²) in [6.45, 7) is 4.07. The lowest BCUT2D eigenvalue weighted by Crippen LogP contribution is -2.41. The average Bonchev–Trinajstić information content (AvgIpc) is 3.29. The highest BCUT2D eigenvalue weighted by Gasteiger charge is 2.22. The van der Waals surface area contributed by atoms with Gasteiger partial charge < -0.3 is 14.2 Å². The van der Waals surface area contributed by atoms with E-state index in [4.69, 9.17) is 9.26 Å². The van der Waals surface area contributed by atoms with Crippen LogP contribution >= 0.6 is 0 Å². The number of ether oxygens (including phenoxy) is 1. The summed E-state index contributed by atoms with van der Waals surface area (Å²) in [6, 6.07) is 7.84. The molecule has 0 unspecified atom stereocenters. The molecule has 1 fully saturated rings. The number of aromatic nitrogens is 3. The first-order chi connectivity index (χ1) is 14.0. The smallest absolute Gasteiger partial charge is 0.272 e. The van der Waals surface area contributed by atoms with E-state index in [1.54, 1.807) is 34.8 Å². The number of hydrogen-bond donors (Lipinski definition) is 0. The Labute approximate surface area is 167 Å². The van der Waals surface area contributed by atoms with E-state index in [-0.39, 0.29) is 11.7 Å². The minimum absolute atomic E-state index is 0.0592. The molecular formula is C21H21FN4O3. The number of morpholine rings is 1. The van der Waals surface area contributed by atoms with Gasteiger partial charge in [0, 0.05) is 31.3 Å². The second-order valence-corrected chi connectivity index (χ2v) is 6.82. The van der Waals surface area contributed by atoms with Gasteiger partial charge in [-0.1, -0.05) is 5.16 Å². The van der Waals surface area contributed by atoms with Crippen molar-refractivity contribution in [3.63, 3.8) is 0 Å². The molecule has 8 heteroatoms. The second-order valence-electron chi connectivity index (χ2n) is 6.82. The molecule has 7 nitrogen and oxygen atoms in total. The highest BCUT2D eigenvalue weighted by molar-refractivity contribution is 5.93. The maximum Gasteiger partial charge on any atom is 0.272 e. The molecule has 29 heavy (non-hydrogen) atoms. The number of nitrogens with zero attached hydrogens (tertiary/aromatic N) is 4. The Bertz CT molecular complexity index is 1050. The zero-order chi connectivity index (χ0) is 20.4. The number of aryl methyl sites for hydroxylation is 2. The Hall–Kier alpha value is -3.26. The Morgan fingerprint density at radius 2 is 1.90 bits per heavy atom. The number of amides is 1. The largest absolute Gasteiger partial charge is 0.378 e. The molecular weight excluding hydrogens is 375 g/mol. The van der Waals surface area contributed by atoms with E-state index in [9.17, 15) is 9.18 Å². The van der Waals surface area contributed by atoms with Gasteiger partial charge in [0.25, 0.3) is 5.91 Å². The lowest BCUT2D eigenvalue weighted by molar-refractivity contribution is 0.0295. The fraction of sp³-hybridized carbons (Fsp3) is 0.286. The maximum absolute atomic E-state index is 13.2. The van der Waals surface area contributed by atoms with Crippen LogP contribution in [0.1, 0.15) is 27.5 Å². The Morgan fingerprint density at radius 3 is 2.62 bits per heavy atom. The molecule has 4 rings (SSSR count). The monoisotopic (exact) mass is 396 g/mol. The van der Waals surface area contributed by atoms with Crippen molar-refractivity contribution in [3.05, 3.63) is 58.9 Å². The molecule has 0 radical (unpaired) electrons. The zero-order valence-electron chi connectivity index (χ0n) is 16.3. The molecule has 1 aliphatic rings. The first-order valence-corrected chi connectivity index (χ1v) is 9.34. The van der Waals surface area contributed by atoms with Crippen molar-refractivity contribution in [3.8, 4) is 11.3 Å². The molecule has 2 aromatic heterocycles. The molecule has 0 atom stereocenters. The number of benzene rings is 1. The van der Waals surface area contributed by atoms with E-state index >= 15 is 0 Å². The molecule has 3 aromatic rings. The lowest BCUT2D eigenvalue weighted by atomic mass is 10.1. The Balaban J connectivity index is 1.58. The van der Waals surface area contributed by atoms with E-state index in [2.05, 4.69) is 10.3 Å². The molecule has 1 aliphatic heterocycles. The molecule has 0 spiro atoms. The van der Waals surface area contributed by atoms with Crippen molar-refractivity contribution in [2.45, 2.75) is 6.92 Å². The van der Waals surface area contributed by atoms with Gasteiger partial charge in [0.05, 0.1) is 18.9 Å². The third kappa shape index (κ3) is 3.97. The van der Waals surface area contributed by atoms with E-state index in [1.165, 1.54) is 12.1 Å². The van der Waals surface area contributed by atoms with Crippen LogP contribution in [0, 0.1) is 12.7 Å². The van der Waals surface area contributed by atoms with Crippen molar-refractivity contribution >= 4 is 18.1 Å². The number of rotatable bonds is 4. The quantitative estimate of drug-likeness (QED) is 0.677. The third-order valence-corrected chi connectivity index (χ3v) is 4.86. The number of halogens is 1. The first-order valence-electron chi connectivity index (χ1n) is 9.34. The minimum Gasteiger partial charge on any atom is -0.378 e. The molecule has 3 heterocycles. The fourth-order valence-corrected chi connectivity index (χ4v) is 3.26. The summed E-state index contributed by atoms with van der Waals surface area (Å²) in [5.41, 5.74) is 3.33. The maximum atomic E-state index is 13.2. The minimum atomic E-state index is -0.308. The van der Waals surface area contributed by atoms with Crippen molar-refractivity contribution in [1.82, 2.24) is 19.8 Å². The Kier molecular flexibility index (Phi) is 5.26. The summed E-state index contributed by atoms with van der Waals surface area (Å²) in [5.74, 6) is 0.272. The first kappa shape index (κ1) is 19.1. The van der Waals surface area contributed by atoms with Crippen LogP contribution in [0.3, 0.4) is 0 Å². The van der Waals surface area contributed by atoms with Gasteiger partial charge in [0.2, 0.25) is 0 Å². The van der Waals surface area contributed by atoms with Crippen LogP contribution in [0.15, 0.2) is 34.9 Å². The van der Waals surface area contributed by atoms with E-state index in [0.29, 0.717) is 49.1 Å². The van der Waals surface area contributed by atoms with Gasteiger partial charge >= 0.3 is 0 Å². The Morgan fingerprint density at radius 1 is 1.17 bits per heavy atom. The average molecular weight is 396 g/mol. The van der Waals surface area contributed by atoms with Gasteiger partial charge in [-0.3, -0.25) is 9.48 Å². The topological polar surface area (TPSA) is 73.4 Å². The van der Waals surface area contributed by atoms with E-state index < -0.39 is 0 Å². The lowest BCUT2D eigenvalue weighted by Gasteiger charge is -2.26. The zero-order valence-corrected chi connectivity index (χ0v) is 16.3. The third-order valence-electron chi connectivity index (χ3n) is 4.86. The van der Waals surface area contributed by atoms with Crippen LogP contribution in [0.2, 0.25) is 0 Å². The number of hydrogen-bond acceptors (Lipinski definition) is 5. The highest BCUT2D eigenvalue weighted by Crippen LogP contribution is 2.27. The van der Waals surface area contributed by atoms with E-state index in [1.807, 2.05) is 19.1 Å². The molecule has 0 bridgehead atoms. The summed E-state index contributed by atoms with van der Waals surface area (Å²) in [7, 11) is 1.75. The van der Waals surface area contributed by atoms with Gasteiger partial charge in [-0.25, -0.2) is 4.39 Å². The van der Waals surface area contributed by atoms with Crippen LogP contribution in [-0.4, -0.2) is 52.0 Å². The van der Waals surface area contributed by atoms with Crippen molar-refractivity contribution in [2.75, 3.05) is 26.3 Å². The normalized spacial score (nSPS) is 14.7. The van der Waals surface area contributed by atoms with Gasteiger partial charge in [0.1, 0.15) is 23.0 Å². The molecule has 0 N–H and O–H groups in total. The molecule has 150 valence electrons. The van der Waals surface area contributed by atoms with Crippen molar-refractivity contribution in [1.29, 1.82) is 0 Å². The summed E-state index contributed by atoms with van der Waals surface area (Å²) < 4.78 is 25.4. The highest BCUT2D eigenvalue weighted by atomic mass is 19.1. The van der Waals surface area contributed by atoms with E-state index in [0.717, 1.165) is 11.1 Å². The second kappa shape index (κ2) is 8.00. The summed E-state index contributed by atoms with van der Waals surface area (Å²) in [6.07, 6.45) is 3.65. The molecule has 1 saturated heterocycles. The van der Waals surface area contributed by atoms with Gasteiger partial charge in [-0.05, 0) is 49.4 Å². The van der Waals surface area contributed by atoms with Crippen LogP contribution < -0.4 is 0 Å². The van der Waals surface area contributed by atoms with Crippen molar-refractivity contribution in [2.24, 2.45) is 7.05 Å². The van der Waals surface area contributed by atoms with Crippen LogP contribution in [0.5, 0.6) is 0 Å². The summed E-state index contributed by atoms with van der Waals surface area (Å²) in [4.78, 5) is 14.5. The molecule has 0 aliphatic carbocycles. The SMILES string of the molecule is Cc1onc(-c2ccc(F)cc2)c1C=Cc1cc(C(=O)N2CCOCC2)n(C)n1. The standard InChI is InChI=1S/C21H21FN4O3/c1-14-18(20(24-29-14)15-3-5-16(22)6-4-15)8-7-17-13-19(25(2)23-17)21(27)26-9-11-28-12-10-26/h3-8,13H,9-12H2,1-2H3. The van der Waals surface area contributed by atoms with Crippen LogP contribution in [0.25, 0.3) is 23.4 Å². The predicted octanol–water partition coefficient (Wildman–Crippen LogP) is 3.17. The van der Waals surface area contributed by atoms with Crippen LogP contribution in [0.4, 0.5) is 4.39 Å². The van der Waals surface area contributed by atoms with Gasteiger partial charge in [-0.2, -0.15) is 5.10 Å². The molecule has 1 aromatic carbocycles.